The first-order chi connectivity index (χ1) is 8.52. The van der Waals surface area contributed by atoms with E-state index in [-0.39, 0.29) is 11.9 Å². The average molecular weight is 246 g/mol. The lowest BCUT2D eigenvalue weighted by atomic mass is 10.1. The topological polar surface area (TPSA) is 82.1 Å². The number of rotatable bonds is 1. The second-order valence-electron chi connectivity index (χ2n) is 4.80. The number of aryl methyl sites for hydroxylation is 1. The maximum atomic E-state index is 8.97. The first kappa shape index (κ1) is 12.7. The van der Waals surface area contributed by atoms with Crippen molar-refractivity contribution in [2.45, 2.75) is 13.0 Å². The van der Waals surface area contributed by atoms with Gasteiger partial charge in [0.25, 0.3) is 0 Å². The van der Waals surface area contributed by atoms with Crippen LogP contribution in [0.5, 0.6) is 0 Å². The third-order valence-corrected chi connectivity index (χ3v) is 3.40. The van der Waals surface area contributed by atoms with Gasteiger partial charge in [0.1, 0.15) is 23.3 Å². The molecule has 1 aliphatic rings. The number of nitriles is 1. The molecule has 6 heteroatoms. The van der Waals surface area contributed by atoms with Crippen molar-refractivity contribution in [3.05, 3.63) is 17.1 Å². The van der Waals surface area contributed by atoms with Crippen LogP contribution in [-0.2, 0) is 0 Å². The van der Waals surface area contributed by atoms with Crippen molar-refractivity contribution in [3.8, 4) is 6.07 Å². The van der Waals surface area contributed by atoms with E-state index in [1.165, 1.54) is 0 Å². The van der Waals surface area contributed by atoms with Gasteiger partial charge in [-0.1, -0.05) is 0 Å². The van der Waals surface area contributed by atoms with Crippen LogP contribution in [0.4, 0.5) is 5.82 Å². The van der Waals surface area contributed by atoms with Crippen molar-refractivity contribution < 1.29 is 0 Å². The van der Waals surface area contributed by atoms with Crippen molar-refractivity contribution in [1.82, 2.24) is 19.8 Å². The Morgan fingerprint density at radius 2 is 2.06 bits per heavy atom. The summed E-state index contributed by atoms with van der Waals surface area (Å²) in [6.07, 6.45) is 0. The molecule has 0 aliphatic carbocycles. The molecule has 0 amide bonds. The Morgan fingerprint density at radius 1 is 1.33 bits per heavy atom. The van der Waals surface area contributed by atoms with Gasteiger partial charge < -0.3 is 10.6 Å². The summed E-state index contributed by atoms with van der Waals surface area (Å²) in [6.45, 7) is 4.69. The summed E-state index contributed by atoms with van der Waals surface area (Å²) in [4.78, 5) is 13.2. The summed E-state index contributed by atoms with van der Waals surface area (Å²) in [5.74, 6) is 0.986. The Labute approximate surface area is 107 Å². The van der Waals surface area contributed by atoms with Gasteiger partial charge in [-0.3, -0.25) is 4.90 Å². The maximum absolute atomic E-state index is 8.97. The van der Waals surface area contributed by atoms with Gasteiger partial charge >= 0.3 is 0 Å². The number of likely N-dealkylation sites (N-methyl/N-ethyl adjacent to an activating group) is 2. The second kappa shape index (κ2) is 4.88. The van der Waals surface area contributed by atoms with E-state index in [0.29, 0.717) is 17.1 Å². The summed E-state index contributed by atoms with van der Waals surface area (Å²) in [5, 5.41) is 8.97. The minimum absolute atomic E-state index is 0.137. The van der Waals surface area contributed by atoms with E-state index in [0.717, 1.165) is 19.6 Å². The van der Waals surface area contributed by atoms with Crippen LogP contribution in [0, 0.1) is 18.3 Å². The zero-order chi connectivity index (χ0) is 13.3. The third-order valence-electron chi connectivity index (χ3n) is 3.40. The summed E-state index contributed by atoms with van der Waals surface area (Å²) in [6, 6.07) is 2.18. The number of piperazine rings is 1. The van der Waals surface area contributed by atoms with E-state index in [1.54, 1.807) is 6.92 Å². The Bertz CT molecular complexity index is 469. The fourth-order valence-electron chi connectivity index (χ4n) is 2.19. The van der Waals surface area contributed by atoms with Crippen molar-refractivity contribution in [2.75, 3.05) is 39.5 Å². The number of nitrogens with zero attached hydrogens (tertiary/aromatic N) is 5. The SMILES string of the molecule is Cc1nc(C2CN(C)CCN2C)nc(N)c1C#N. The highest BCUT2D eigenvalue weighted by molar-refractivity contribution is 5.50. The molecular formula is C12H18N6. The highest BCUT2D eigenvalue weighted by Gasteiger charge is 2.27. The Balaban J connectivity index is 2.36. The molecule has 2 heterocycles. The second-order valence-corrected chi connectivity index (χ2v) is 4.80. The maximum Gasteiger partial charge on any atom is 0.149 e. The highest BCUT2D eigenvalue weighted by Crippen LogP contribution is 2.23. The van der Waals surface area contributed by atoms with Crippen LogP contribution < -0.4 is 5.73 Å². The van der Waals surface area contributed by atoms with Crippen molar-refractivity contribution in [1.29, 1.82) is 5.26 Å². The number of anilines is 1. The molecule has 2 N–H and O–H groups in total. The zero-order valence-electron chi connectivity index (χ0n) is 11.0. The van der Waals surface area contributed by atoms with Gasteiger partial charge in [-0.15, -0.1) is 0 Å². The predicted molar refractivity (Wildman–Crippen MR) is 68.8 cm³/mol. The summed E-state index contributed by atoms with van der Waals surface area (Å²) in [5.41, 5.74) is 6.85. The molecule has 6 nitrogen and oxygen atoms in total. The van der Waals surface area contributed by atoms with Crippen LogP contribution in [0.1, 0.15) is 23.1 Å². The average Bonchev–Trinajstić information content (AvgIpc) is 2.32. The number of nitrogen functional groups attached to an aromatic ring is 1. The lowest BCUT2D eigenvalue weighted by Gasteiger charge is -2.36. The van der Waals surface area contributed by atoms with Crippen molar-refractivity contribution >= 4 is 5.82 Å². The molecule has 1 fully saturated rings. The molecule has 0 spiro atoms. The third kappa shape index (κ3) is 2.28. The van der Waals surface area contributed by atoms with Gasteiger partial charge in [0.15, 0.2) is 0 Å². The van der Waals surface area contributed by atoms with Crippen LogP contribution in [-0.4, -0.2) is 53.5 Å². The number of hydrogen-bond donors (Lipinski definition) is 1. The van der Waals surface area contributed by atoms with E-state index in [1.807, 2.05) is 6.07 Å². The molecule has 0 radical (unpaired) electrons. The molecule has 1 aromatic heterocycles. The molecule has 1 atom stereocenters. The van der Waals surface area contributed by atoms with Gasteiger partial charge in [-0.2, -0.15) is 5.26 Å². The van der Waals surface area contributed by atoms with Crippen LogP contribution in [0.3, 0.4) is 0 Å². The molecule has 1 aromatic rings. The Morgan fingerprint density at radius 3 is 2.67 bits per heavy atom. The zero-order valence-corrected chi connectivity index (χ0v) is 11.0. The fourth-order valence-corrected chi connectivity index (χ4v) is 2.19. The first-order valence-electron chi connectivity index (χ1n) is 5.95. The van der Waals surface area contributed by atoms with E-state index >= 15 is 0 Å². The summed E-state index contributed by atoms with van der Waals surface area (Å²) < 4.78 is 0. The predicted octanol–water partition coefficient (Wildman–Crippen LogP) is 0.157. The number of aromatic nitrogens is 2. The molecule has 2 rings (SSSR count). The standard InChI is InChI=1S/C12H18N6/c1-8-9(6-13)11(14)16-12(15-8)10-7-17(2)4-5-18(10)3/h10H,4-5,7H2,1-3H3,(H2,14,15,16). The Hall–Kier alpha value is -1.71. The summed E-state index contributed by atoms with van der Waals surface area (Å²) in [7, 11) is 4.14. The van der Waals surface area contributed by atoms with E-state index < -0.39 is 0 Å². The number of nitrogens with two attached hydrogens (primary N) is 1. The van der Waals surface area contributed by atoms with Crippen LogP contribution in [0.25, 0.3) is 0 Å². The van der Waals surface area contributed by atoms with Crippen molar-refractivity contribution in [2.24, 2.45) is 0 Å². The monoisotopic (exact) mass is 246 g/mol. The van der Waals surface area contributed by atoms with Crippen LogP contribution in [0.2, 0.25) is 0 Å². The molecule has 0 bridgehead atoms. The van der Waals surface area contributed by atoms with Gasteiger partial charge in [0, 0.05) is 19.6 Å². The van der Waals surface area contributed by atoms with Gasteiger partial charge in [-0.05, 0) is 21.0 Å². The lowest BCUT2D eigenvalue weighted by Crippen LogP contribution is -2.45. The smallest absolute Gasteiger partial charge is 0.149 e. The molecular weight excluding hydrogens is 228 g/mol. The quantitative estimate of drug-likeness (QED) is 0.760. The van der Waals surface area contributed by atoms with E-state index in [9.17, 15) is 0 Å². The molecule has 1 aliphatic heterocycles. The van der Waals surface area contributed by atoms with Gasteiger partial charge in [0.2, 0.25) is 0 Å². The van der Waals surface area contributed by atoms with Crippen LogP contribution >= 0.6 is 0 Å². The van der Waals surface area contributed by atoms with E-state index in [2.05, 4.69) is 33.9 Å². The first-order valence-corrected chi connectivity index (χ1v) is 5.95. The minimum Gasteiger partial charge on any atom is -0.382 e. The highest BCUT2D eigenvalue weighted by atomic mass is 15.3. The fraction of sp³-hybridized carbons (Fsp3) is 0.583. The number of hydrogen-bond acceptors (Lipinski definition) is 6. The van der Waals surface area contributed by atoms with Crippen molar-refractivity contribution in [3.63, 3.8) is 0 Å². The molecule has 1 saturated heterocycles. The van der Waals surface area contributed by atoms with E-state index in [4.69, 9.17) is 11.0 Å². The molecule has 96 valence electrons. The lowest BCUT2D eigenvalue weighted by molar-refractivity contribution is 0.109. The summed E-state index contributed by atoms with van der Waals surface area (Å²) >= 11 is 0. The normalized spacial score (nSPS) is 21.8. The molecule has 1 unspecified atom stereocenters. The van der Waals surface area contributed by atoms with Gasteiger partial charge in [0.05, 0.1) is 11.7 Å². The largest absolute Gasteiger partial charge is 0.382 e. The minimum atomic E-state index is 0.137. The van der Waals surface area contributed by atoms with Gasteiger partial charge in [-0.25, -0.2) is 9.97 Å². The van der Waals surface area contributed by atoms with Crippen LogP contribution in [0.15, 0.2) is 0 Å². The molecule has 0 saturated carbocycles. The molecule has 0 aromatic carbocycles. The molecule has 18 heavy (non-hydrogen) atoms. The Kier molecular flexibility index (Phi) is 3.45.